The quantitative estimate of drug-likeness (QED) is 0.723. The third-order valence-electron chi connectivity index (χ3n) is 2.72. The Hall–Kier alpha value is -0.990. The first-order valence-electron chi connectivity index (χ1n) is 5.96. The average molecular weight is 226 g/mol. The minimum Gasteiger partial charge on any atom is -0.401 e. The van der Waals surface area contributed by atoms with Crippen LogP contribution in [0.5, 0.6) is 0 Å². The molecule has 16 heavy (non-hydrogen) atoms. The molecule has 94 valence electrons. The fraction of sp³-hybridized carbons (Fsp3) is 0.769. The van der Waals surface area contributed by atoms with Gasteiger partial charge >= 0.3 is 0 Å². The average Bonchev–Trinajstić information content (AvgIpc) is 2.11. The molecule has 0 aromatic rings. The zero-order valence-corrected chi connectivity index (χ0v) is 11.4. The Labute approximate surface area is 99.5 Å². The molecule has 3 N–H and O–H groups in total. The van der Waals surface area contributed by atoms with Gasteiger partial charge in [0.1, 0.15) is 0 Å². The molecule has 0 radical (unpaired) electrons. The highest BCUT2D eigenvalue weighted by atomic mass is 16.1. The topological polar surface area (TPSA) is 55.1 Å². The van der Waals surface area contributed by atoms with Crippen molar-refractivity contribution in [2.24, 2.45) is 17.1 Å². The van der Waals surface area contributed by atoms with E-state index in [-0.39, 0.29) is 17.4 Å². The Kier molecular flexibility index (Phi) is 5.56. The van der Waals surface area contributed by atoms with Crippen LogP contribution in [-0.4, -0.2) is 11.9 Å². The summed E-state index contributed by atoms with van der Waals surface area (Å²) >= 11 is 0. The van der Waals surface area contributed by atoms with Gasteiger partial charge in [-0.05, 0) is 12.3 Å². The van der Waals surface area contributed by atoms with Crippen molar-refractivity contribution < 1.29 is 4.79 Å². The van der Waals surface area contributed by atoms with E-state index in [1.165, 1.54) is 6.08 Å². The first-order valence-corrected chi connectivity index (χ1v) is 5.96. The molecule has 0 heterocycles. The third kappa shape index (κ3) is 5.19. The molecule has 0 aromatic carbocycles. The molecule has 0 aliphatic heterocycles. The van der Waals surface area contributed by atoms with E-state index in [0.29, 0.717) is 11.6 Å². The second-order valence-electron chi connectivity index (χ2n) is 5.62. The van der Waals surface area contributed by atoms with Crippen molar-refractivity contribution in [1.82, 2.24) is 5.32 Å². The highest BCUT2D eigenvalue weighted by Crippen LogP contribution is 2.20. The number of carbonyl (C=O) groups is 1. The van der Waals surface area contributed by atoms with Crippen molar-refractivity contribution in [3.05, 3.63) is 11.8 Å². The van der Waals surface area contributed by atoms with Crippen molar-refractivity contribution >= 4 is 5.91 Å². The molecule has 3 heteroatoms. The van der Waals surface area contributed by atoms with E-state index < -0.39 is 0 Å². The Morgan fingerprint density at radius 2 is 1.88 bits per heavy atom. The molecule has 1 amide bonds. The molecular weight excluding hydrogens is 200 g/mol. The lowest BCUT2D eigenvalue weighted by atomic mass is 9.92. The maximum absolute atomic E-state index is 11.7. The van der Waals surface area contributed by atoms with Crippen molar-refractivity contribution in [1.29, 1.82) is 0 Å². The van der Waals surface area contributed by atoms with Crippen LogP contribution in [0.4, 0.5) is 0 Å². The predicted octanol–water partition coefficient (Wildman–Crippen LogP) is 2.43. The molecular formula is C13H26N2O. The summed E-state index contributed by atoms with van der Waals surface area (Å²) in [4.78, 5) is 11.7. The van der Waals surface area contributed by atoms with Crippen LogP contribution >= 0.6 is 0 Å². The molecule has 0 saturated carbocycles. The van der Waals surface area contributed by atoms with Crippen LogP contribution in [0.15, 0.2) is 11.8 Å². The van der Waals surface area contributed by atoms with Gasteiger partial charge in [0.2, 0.25) is 5.91 Å². The number of hydrogen-bond donors (Lipinski definition) is 2. The summed E-state index contributed by atoms with van der Waals surface area (Å²) in [6.45, 7) is 12.3. The SMILES string of the molecule is CCC(NC(=O)/C=C(\N)C(C)(C)C)C(C)C. The predicted molar refractivity (Wildman–Crippen MR) is 68.8 cm³/mol. The summed E-state index contributed by atoms with van der Waals surface area (Å²) in [6.07, 6.45) is 2.44. The molecule has 0 spiro atoms. The Morgan fingerprint density at radius 1 is 1.38 bits per heavy atom. The van der Waals surface area contributed by atoms with E-state index in [1.807, 2.05) is 20.8 Å². The van der Waals surface area contributed by atoms with Crippen molar-refractivity contribution in [3.63, 3.8) is 0 Å². The molecule has 1 unspecified atom stereocenters. The van der Waals surface area contributed by atoms with Gasteiger partial charge in [0, 0.05) is 23.2 Å². The molecule has 0 aliphatic rings. The first-order chi connectivity index (χ1) is 7.18. The number of carbonyl (C=O) groups excluding carboxylic acids is 1. The number of nitrogens with one attached hydrogen (secondary N) is 1. The van der Waals surface area contributed by atoms with E-state index in [4.69, 9.17) is 5.73 Å². The second-order valence-corrected chi connectivity index (χ2v) is 5.62. The highest BCUT2D eigenvalue weighted by Gasteiger charge is 2.17. The molecule has 0 bridgehead atoms. The lowest BCUT2D eigenvalue weighted by molar-refractivity contribution is -0.117. The number of nitrogens with two attached hydrogens (primary N) is 1. The molecule has 3 nitrogen and oxygen atoms in total. The number of amides is 1. The number of allylic oxidation sites excluding steroid dienone is 1. The monoisotopic (exact) mass is 226 g/mol. The number of hydrogen-bond acceptors (Lipinski definition) is 2. The van der Waals surface area contributed by atoms with Gasteiger partial charge < -0.3 is 11.1 Å². The third-order valence-corrected chi connectivity index (χ3v) is 2.72. The lowest BCUT2D eigenvalue weighted by Crippen LogP contribution is -2.37. The molecule has 0 rings (SSSR count). The Bertz CT molecular complexity index is 262. The summed E-state index contributed by atoms with van der Waals surface area (Å²) in [6, 6.07) is 0.219. The van der Waals surface area contributed by atoms with Crippen LogP contribution in [0.1, 0.15) is 48.0 Å². The van der Waals surface area contributed by atoms with Crippen molar-refractivity contribution in [2.45, 2.75) is 54.0 Å². The van der Waals surface area contributed by atoms with Crippen LogP contribution in [0, 0.1) is 11.3 Å². The van der Waals surface area contributed by atoms with Crippen molar-refractivity contribution in [2.75, 3.05) is 0 Å². The van der Waals surface area contributed by atoms with Gasteiger partial charge in [0.05, 0.1) is 0 Å². The fourth-order valence-electron chi connectivity index (χ4n) is 1.32. The van der Waals surface area contributed by atoms with E-state index in [2.05, 4.69) is 26.1 Å². The van der Waals surface area contributed by atoms with E-state index >= 15 is 0 Å². The lowest BCUT2D eigenvalue weighted by Gasteiger charge is -2.22. The standard InChI is InChI=1S/C13H26N2O/c1-7-10(9(2)3)15-12(16)8-11(14)13(4,5)6/h8-10H,7,14H2,1-6H3,(H,15,16)/b11-8-. The smallest absolute Gasteiger partial charge is 0.245 e. The summed E-state index contributed by atoms with van der Waals surface area (Å²) in [7, 11) is 0. The van der Waals surface area contributed by atoms with Crippen LogP contribution in [0.25, 0.3) is 0 Å². The molecule has 0 aromatic heterocycles. The zero-order chi connectivity index (χ0) is 12.9. The van der Waals surface area contributed by atoms with Gasteiger partial charge in [-0.25, -0.2) is 0 Å². The summed E-state index contributed by atoms with van der Waals surface area (Å²) in [5.41, 5.74) is 6.30. The maximum Gasteiger partial charge on any atom is 0.245 e. The molecule has 0 fully saturated rings. The Balaban J connectivity index is 4.49. The Morgan fingerprint density at radius 3 is 2.19 bits per heavy atom. The zero-order valence-electron chi connectivity index (χ0n) is 11.4. The minimum atomic E-state index is -0.156. The van der Waals surface area contributed by atoms with E-state index in [1.54, 1.807) is 0 Å². The van der Waals surface area contributed by atoms with Gasteiger partial charge in [-0.1, -0.05) is 41.5 Å². The fourth-order valence-corrected chi connectivity index (χ4v) is 1.32. The molecule has 0 aliphatic carbocycles. The maximum atomic E-state index is 11.7. The summed E-state index contributed by atoms with van der Waals surface area (Å²) < 4.78 is 0. The van der Waals surface area contributed by atoms with Gasteiger partial charge in [-0.15, -0.1) is 0 Å². The van der Waals surface area contributed by atoms with E-state index in [9.17, 15) is 4.79 Å². The van der Waals surface area contributed by atoms with Gasteiger partial charge in [-0.3, -0.25) is 4.79 Å². The van der Waals surface area contributed by atoms with Gasteiger partial charge in [-0.2, -0.15) is 0 Å². The van der Waals surface area contributed by atoms with Crippen LogP contribution in [-0.2, 0) is 4.79 Å². The molecule has 1 atom stereocenters. The largest absolute Gasteiger partial charge is 0.401 e. The molecule has 0 saturated heterocycles. The van der Waals surface area contributed by atoms with Gasteiger partial charge in [0.25, 0.3) is 0 Å². The van der Waals surface area contributed by atoms with Gasteiger partial charge in [0.15, 0.2) is 0 Å². The highest BCUT2D eigenvalue weighted by molar-refractivity contribution is 5.88. The van der Waals surface area contributed by atoms with Crippen LogP contribution in [0.2, 0.25) is 0 Å². The van der Waals surface area contributed by atoms with Crippen LogP contribution < -0.4 is 11.1 Å². The minimum absolute atomic E-state index is 0.0898. The van der Waals surface area contributed by atoms with Crippen LogP contribution in [0.3, 0.4) is 0 Å². The normalized spacial score (nSPS) is 15.1. The summed E-state index contributed by atoms with van der Waals surface area (Å²) in [5.74, 6) is 0.353. The van der Waals surface area contributed by atoms with E-state index in [0.717, 1.165) is 6.42 Å². The number of rotatable bonds is 4. The summed E-state index contributed by atoms with van der Waals surface area (Å²) in [5, 5.41) is 2.97. The first kappa shape index (κ1) is 15.0. The van der Waals surface area contributed by atoms with Crippen molar-refractivity contribution in [3.8, 4) is 0 Å². The second kappa shape index (κ2) is 5.92.